The molecule has 2 nitrogen and oxygen atoms in total. The molecule has 0 bridgehead atoms. The van der Waals surface area contributed by atoms with Gasteiger partial charge < -0.3 is 10.1 Å². The first-order valence-electron chi connectivity index (χ1n) is 6.18. The molecular weight excluding hydrogens is 269 g/mol. The molecule has 102 valence electrons. The third kappa shape index (κ3) is 4.77. The van der Waals surface area contributed by atoms with E-state index in [2.05, 4.69) is 26.1 Å². The van der Waals surface area contributed by atoms with E-state index in [-0.39, 0.29) is 11.6 Å². The van der Waals surface area contributed by atoms with Crippen LogP contribution in [0.25, 0.3) is 0 Å². The van der Waals surface area contributed by atoms with Crippen LogP contribution in [0.5, 0.6) is 0 Å². The molecule has 0 amide bonds. The topological polar surface area (TPSA) is 21.3 Å². The van der Waals surface area contributed by atoms with Gasteiger partial charge in [0.2, 0.25) is 0 Å². The molecule has 18 heavy (non-hydrogen) atoms. The van der Waals surface area contributed by atoms with Gasteiger partial charge in [-0.05, 0) is 45.4 Å². The summed E-state index contributed by atoms with van der Waals surface area (Å²) in [6, 6.07) is 5.74. The van der Waals surface area contributed by atoms with Crippen LogP contribution in [-0.4, -0.2) is 18.8 Å². The third-order valence-electron chi connectivity index (χ3n) is 2.80. The maximum atomic E-state index is 6.18. The van der Waals surface area contributed by atoms with Gasteiger partial charge in [0.1, 0.15) is 0 Å². The molecule has 0 fully saturated rings. The quantitative estimate of drug-likeness (QED) is 0.835. The predicted octanol–water partition coefficient (Wildman–Crippen LogP) is 4.46. The number of halogens is 2. The maximum Gasteiger partial charge on any atom is 0.0750 e. The van der Waals surface area contributed by atoms with Gasteiger partial charge in [0, 0.05) is 29.2 Å². The van der Waals surface area contributed by atoms with Gasteiger partial charge in [-0.2, -0.15) is 0 Å². The summed E-state index contributed by atoms with van der Waals surface area (Å²) in [5.41, 5.74) is 0.871. The Labute approximate surface area is 120 Å². The van der Waals surface area contributed by atoms with Crippen LogP contribution in [0.15, 0.2) is 18.2 Å². The molecule has 0 aliphatic rings. The van der Waals surface area contributed by atoms with Crippen LogP contribution in [-0.2, 0) is 4.74 Å². The maximum absolute atomic E-state index is 6.18. The van der Waals surface area contributed by atoms with Crippen molar-refractivity contribution >= 4 is 23.2 Å². The van der Waals surface area contributed by atoms with E-state index in [1.54, 1.807) is 6.07 Å². The minimum Gasteiger partial charge on any atom is -0.375 e. The summed E-state index contributed by atoms with van der Waals surface area (Å²) >= 11 is 12.1. The SMILES string of the molecule is CCOC(C)(C)CNC(C)c1ccc(Cl)cc1Cl. The van der Waals surface area contributed by atoms with Crippen LogP contribution in [0.2, 0.25) is 10.0 Å². The van der Waals surface area contributed by atoms with Gasteiger partial charge in [-0.3, -0.25) is 0 Å². The molecule has 0 aliphatic carbocycles. The number of rotatable bonds is 6. The average Bonchev–Trinajstić information content (AvgIpc) is 2.26. The Hall–Kier alpha value is -0.280. The van der Waals surface area contributed by atoms with Crippen LogP contribution >= 0.6 is 23.2 Å². The summed E-state index contributed by atoms with van der Waals surface area (Å²) in [5.74, 6) is 0. The molecule has 1 N–H and O–H groups in total. The summed E-state index contributed by atoms with van der Waals surface area (Å²) in [5, 5.41) is 4.78. The molecule has 1 aromatic rings. The zero-order chi connectivity index (χ0) is 13.8. The summed E-state index contributed by atoms with van der Waals surface area (Å²) < 4.78 is 5.65. The van der Waals surface area contributed by atoms with Gasteiger partial charge in [0.05, 0.1) is 5.60 Å². The summed E-state index contributed by atoms with van der Waals surface area (Å²) in [6.07, 6.45) is 0. The normalized spacial score (nSPS) is 13.7. The lowest BCUT2D eigenvalue weighted by molar-refractivity contribution is -0.0103. The first-order valence-corrected chi connectivity index (χ1v) is 6.93. The smallest absolute Gasteiger partial charge is 0.0750 e. The summed E-state index contributed by atoms with van der Waals surface area (Å²) in [6.45, 7) is 9.70. The highest BCUT2D eigenvalue weighted by Gasteiger charge is 2.19. The fourth-order valence-electron chi connectivity index (χ4n) is 1.80. The van der Waals surface area contributed by atoms with E-state index in [4.69, 9.17) is 27.9 Å². The van der Waals surface area contributed by atoms with Gasteiger partial charge in [0.25, 0.3) is 0 Å². The van der Waals surface area contributed by atoms with Gasteiger partial charge in [-0.1, -0.05) is 29.3 Å². The molecule has 0 aliphatic heterocycles. The van der Waals surface area contributed by atoms with Gasteiger partial charge in [-0.25, -0.2) is 0 Å². The largest absolute Gasteiger partial charge is 0.375 e. The van der Waals surface area contributed by atoms with Crippen molar-refractivity contribution in [1.82, 2.24) is 5.32 Å². The Kier molecular flexibility index (Phi) is 5.93. The van der Waals surface area contributed by atoms with E-state index in [1.165, 1.54) is 0 Å². The van der Waals surface area contributed by atoms with E-state index < -0.39 is 0 Å². The average molecular weight is 290 g/mol. The lowest BCUT2D eigenvalue weighted by atomic mass is 10.1. The van der Waals surface area contributed by atoms with Crippen LogP contribution in [0.3, 0.4) is 0 Å². The lowest BCUT2D eigenvalue weighted by Crippen LogP contribution is -2.38. The van der Waals surface area contributed by atoms with Crippen molar-refractivity contribution in [1.29, 1.82) is 0 Å². The van der Waals surface area contributed by atoms with E-state index in [0.29, 0.717) is 16.7 Å². The minimum absolute atomic E-state index is 0.162. The molecule has 1 aromatic carbocycles. The molecule has 0 heterocycles. The zero-order valence-corrected chi connectivity index (χ0v) is 12.9. The second-order valence-electron chi connectivity index (χ2n) is 4.96. The van der Waals surface area contributed by atoms with Crippen LogP contribution in [0, 0.1) is 0 Å². The first kappa shape index (κ1) is 15.8. The second kappa shape index (κ2) is 6.76. The van der Waals surface area contributed by atoms with Crippen LogP contribution in [0.1, 0.15) is 39.3 Å². The number of hydrogen-bond donors (Lipinski definition) is 1. The van der Waals surface area contributed by atoms with Gasteiger partial charge in [-0.15, -0.1) is 0 Å². The van der Waals surface area contributed by atoms with Crippen molar-refractivity contribution in [2.75, 3.05) is 13.2 Å². The van der Waals surface area contributed by atoms with Crippen molar-refractivity contribution < 1.29 is 4.74 Å². The molecule has 0 aromatic heterocycles. The van der Waals surface area contributed by atoms with E-state index >= 15 is 0 Å². The molecule has 0 saturated heterocycles. The molecule has 1 rings (SSSR count). The van der Waals surface area contributed by atoms with E-state index in [0.717, 1.165) is 12.1 Å². The number of nitrogens with one attached hydrogen (secondary N) is 1. The molecular formula is C14H21Cl2NO. The molecule has 0 saturated carbocycles. The molecule has 0 radical (unpaired) electrons. The highest BCUT2D eigenvalue weighted by Crippen LogP contribution is 2.26. The fraction of sp³-hybridized carbons (Fsp3) is 0.571. The highest BCUT2D eigenvalue weighted by atomic mass is 35.5. The molecule has 1 atom stereocenters. The standard InChI is InChI=1S/C14H21Cl2NO/c1-5-18-14(3,4)9-17-10(2)12-7-6-11(15)8-13(12)16/h6-8,10,17H,5,9H2,1-4H3. The van der Waals surface area contributed by atoms with E-state index in [9.17, 15) is 0 Å². The minimum atomic E-state index is -0.179. The van der Waals surface area contributed by atoms with Crippen LogP contribution < -0.4 is 5.32 Å². The molecule has 4 heteroatoms. The van der Waals surface area contributed by atoms with Crippen molar-refractivity contribution in [2.45, 2.75) is 39.3 Å². The number of hydrogen-bond acceptors (Lipinski definition) is 2. The summed E-state index contributed by atoms with van der Waals surface area (Å²) in [7, 11) is 0. The van der Waals surface area contributed by atoms with E-state index in [1.807, 2.05) is 19.1 Å². The third-order valence-corrected chi connectivity index (χ3v) is 3.36. The van der Waals surface area contributed by atoms with Crippen LogP contribution in [0.4, 0.5) is 0 Å². The van der Waals surface area contributed by atoms with Crippen molar-refractivity contribution in [3.8, 4) is 0 Å². The zero-order valence-electron chi connectivity index (χ0n) is 11.4. The van der Waals surface area contributed by atoms with Gasteiger partial charge in [0.15, 0.2) is 0 Å². The fourth-order valence-corrected chi connectivity index (χ4v) is 2.38. The number of ether oxygens (including phenoxy) is 1. The Morgan fingerprint density at radius 3 is 2.56 bits per heavy atom. The second-order valence-corrected chi connectivity index (χ2v) is 5.80. The number of benzene rings is 1. The van der Waals surface area contributed by atoms with Crippen molar-refractivity contribution in [3.63, 3.8) is 0 Å². The lowest BCUT2D eigenvalue weighted by Gasteiger charge is -2.27. The Morgan fingerprint density at radius 2 is 2.00 bits per heavy atom. The van der Waals surface area contributed by atoms with Crippen molar-refractivity contribution in [3.05, 3.63) is 33.8 Å². The summed E-state index contributed by atoms with van der Waals surface area (Å²) in [4.78, 5) is 0. The first-order chi connectivity index (χ1) is 8.35. The highest BCUT2D eigenvalue weighted by molar-refractivity contribution is 6.35. The Bertz CT molecular complexity index is 393. The monoisotopic (exact) mass is 289 g/mol. The Balaban J connectivity index is 2.63. The predicted molar refractivity (Wildman–Crippen MR) is 78.6 cm³/mol. The van der Waals surface area contributed by atoms with Crippen molar-refractivity contribution in [2.24, 2.45) is 0 Å². The Morgan fingerprint density at radius 1 is 1.33 bits per heavy atom. The molecule has 0 spiro atoms. The molecule has 1 unspecified atom stereocenters. The van der Waals surface area contributed by atoms with Gasteiger partial charge >= 0.3 is 0 Å².